The largest absolute Gasteiger partial charge is 0.497 e. The van der Waals surface area contributed by atoms with Crippen LogP contribution in [0, 0.1) is 0 Å². The highest BCUT2D eigenvalue weighted by atomic mass is 16.5. The molecule has 0 radical (unpaired) electrons. The SMILES string of the molecule is COc1cccc(N(c2ccccc2)c2ccc(CN(c3ccc(N(c4ccccc4)c4cccc(OC)c4)cc3)c3ccc(N(c4ccccc4)c4cccc(OC)c4)cc3)cc2)c1. The van der Waals surface area contributed by atoms with Crippen molar-refractivity contribution in [3.8, 4) is 17.2 Å². The molecule has 9 rings (SSSR count). The molecule has 0 bridgehead atoms. The molecule has 0 aromatic heterocycles. The third kappa shape index (κ3) is 9.50. The Morgan fingerprint density at radius 3 is 0.831 bits per heavy atom. The summed E-state index contributed by atoms with van der Waals surface area (Å²) in [6.45, 7) is 0.625. The molecule has 9 aromatic rings. The molecular weight excluding hydrogens is 801 g/mol. The van der Waals surface area contributed by atoms with E-state index in [1.165, 1.54) is 0 Å². The summed E-state index contributed by atoms with van der Waals surface area (Å²) in [5, 5.41) is 0. The topological polar surface area (TPSA) is 40.7 Å². The molecule has 0 aliphatic carbocycles. The second-order valence-corrected chi connectivity index (χ2v) is 15.4. The standard InChI is InChI=1S/C58H50N4O3/c1-63-56-25-13-22-53(40-56)60(47-16-7-4-8-17-47)50-30-28-44(29-31-50)43-59(45-32-36-51(37-33-45)61(48-18-9-5-10-19-48)54-23-14-26-57(41-54)64-2)46-34-38-52(39-35-46)62(49-20-11-6-12-21-49)55-24-15-27-58(42-55)65-3/h4-42H,43H2,1-3H3. The van der Waals surface area contributed by atoms with Crippen molar-refractivity contribution in [3.63, 3.8) is 0 Å². The van der Waals surface area contributed by atoms with E-state index in [1.54, 1.807) is 21.3 Å². The van der Waals surface area contributed by atoms with Crippen LogP contribution in [-0.2, 0) is 6.54 Å². The van der Waals surface area contributed by atoms with Crippen LogP contribution in [0.5, 0.6) is 17.2 Å². The Balaban J connectivity index is 1.10. The fourth-order valence-corrected chi connectivity index (χ4v) is 8.15. The van der Waals surface area contributed by atoms with Gasteiger partial charge in [0.15, 0.2) is 0 Å². The first-order valence-electron chi connectivity index (χ1n) is 21.6. The Labute approximate surface area is 382 Å². The second-order valence-electron chi connectivity index (χ2n) is 15.4. The molecule has 7 heteroatoms. The van der Waals surface area contributed by atoms with E-state index < -0.39 is 0 Å². The fourth-order valence-electron chi connectivity index (χ4n) is 8.15. The smallest absolute Gasteiger partial charge is 0.120 e. The van der Waals surface area contributed by atoms with Crippen molar-refractivity contribution in [2.45, 2.75) is 6.54 Å². The zero-order chi connectivity index (χ0) is 44.4. The Kier molecular flexibility index (Phi) is 12.7. The summed E-state index contributed by atoms with van der Waals surface area (Å²) in [5.74, 6) is 2.40. The zero-order valence-corrected chi connectivity index (χ0v) is 36.7. The number of hydrogen-bond donors (Lipinski definition) is 0. The third-order valence-corrected chi connectivity index (χ3v) is 11.4. The van der Waals surface area contributed by atoms with E-state index in [0.717, 1.165) is 85.4 Å². The van der Waals surface area contributed by atoms with E-state index in [9.17, 15) is 0 Å². The van der Waals surface area contributed by atoms with Crippen LogP contribution in [0.3, 0.4) is 0 Å². The van der Waals surface area contributed by atoms with Crippen LogP contribution in [0.25, 0.3) is 0 Å². The second kappa shape index (κ2) is 19.7. The van der Waals surface area contributed by atoms with Gasteiger partial charge in [-0.15, -0.1) is 0 Å². The summed E-state index contributed by atoms with van der Waals surface area (Å²) >= 11 is 0. The monoisotopic (exact) mass is 850 g/mol. The highest BCUT2D eigenvalue weighted by molar-refractivity contribution is 5.81. The molecule has 0 heterocycles. The number of anilines is 11. The molecular formula is C58H50N4O3. The Morgan fingerprint density at radius 2 is 0.523 bits per heavy atom. The van der Waals surface area contributed by atoms with Gasteiger partial charge < -0.3 is 33.8 Å². The maximum atomic E-state index is 5.64. The van der Waals surface area contributed by atoms with E-state index in [-0.39, 0.29) is 0 Å². The van der Waals surface area contributed by atoms with Crippen LogP contribution < -0.4 is 33.8 Å². The van der Waals surface area contributed by atoms with Crippen LogP contribution in [0.4, 0.5) is 62.6 Å². The van der Waals surface area contributed by atoms with Crippen LogP contribution in [0.1, 0.15) is 5.56 Å². The van der Waals surface area contributed by atoms with E-state index in [1.807, 2.05) is 54.6 Å². The van der Waals surface area contributed by atoms with Gasteiger partial charge in [-0.3, -0.25) is 0 Å². The maximum Gasteiger partial charge on any atom is 0.120 e. The minimum Gasteiger partial charge on any atom is -0.497 e. The van der Waals surface area contributed by atoms with Gasteiger partial charge in [0.25, 0.3) is 0 Å². The lowest BCUT2D eigenvalue weighted by Gasteiger charge is -2.30. The van der Waals surface area contributed by atoms with Crippen molar-refractivity contribution < 1.29 is 14.2 Å². The quantitative estimate of drug-likeness (QED) is 0.0959. The van der Waals surface area contributed by atoms with Gasteiger partial charge in [0.05, 0.1) is 21.3 Å². The lowest BCUT2D eigenvalue weighted by Crippen LogP contribution is -2.17. The summed E-state index contributed by atoms with van der Waals surface area (Å²) in [4.78, 5) is 9.13. The van der Waals surface area contributed by atoms with Crippen LogP contribution in [0.15, 0.2) is 237 Å². The number of ether oxygens (including phenoxy) is 3. The number of hydrogen-bond acceptors (Lipinski definition) is 7. The fraction of sp³-hybridized carbons (Fsp3) is 0.0690. The van der Waals surface area contributed by atoms with E-state index in [0.29, 0.717) is 6.54 Å². The summed E-state index contributed by atoms with van der Waals surface area (Å²) in [6.07, 6.45) is 0. The summed E-state index contributed by atoms with van der Waals surface area (Å²) in [6, 6.07) is 82.3. The lowest BCUT2D eigenvalue weighted by atomic mass is 10.1. The van der Waals surface area contributed by atoms with Gasteiger partial charge in [-0.05, 0) is 139 Å². The highest BCUT2D eigenvalue weighted by Crippen LogP contribution is 2.41. The number of benzene rings is 9. The molecule has 0 saturated carbocycles. The van der Waals surface area contributed by atoms with Gasteiger partial charge in [0.2, 0.25) is 0 Å². The summed E-state index contributed by atoms with van der Waals surface area (Å²) < 4.78 is 16.9. The van der Waals surface area contributed by atoms with E-state index in [2.05, 4.69) is 202 Å². The number of nitrogens with zero attached hydrogens (tertiary/aromatic N) is 4. The molecule has 0 aliphatic rings. The molecule has 0 N–H and O–H groups in total. The number of methoxy groups -OCH3 is 3. The maximum absolute atomic E-state index is 5.64. The molecule has 0 saturated heterocycles. The van der Waals surface area contributed by atoms with E-state index >= 15 is 0 Å². The molecule has 0 aliphatic heterocycles. The van der Waals surface area contributed by atoms with Crippen molar-refractivity contribution in [1.82, 2.24) is 0 Å². The number of rotatable bonds is 16. The molecule has 9 aromatic carbocycles. The van der Waals surface area contributed by atoms with Gasteiger partial charge >= 0.3 is 0 Å². The van der Waals surface area contributed by atoms with Crippen LogP contribution >= 0.6 is 0 Å². The van der Waals surface area contributed by atoms with Gasteiger partial charge in [-0.1, -0.05) is 84.9 Å². The molecule has 7 nitrogen and oxygen atoms in total. The van der Waals surface area contributed by atoms with Gasteiger partial charge in [-0.25, -0.2) is 0 Å². The van der Waals surface area contributed by atoms with Crippen molar-refractivity contribution >= 4 is 62.6 Å². The van der Waals surface area contributed by atoms with Crippen LogP contribution in [0.2, 0.25) is 0 Å². The average Bonchev–Trinajstić information content (AvgIpc) is 3.38. The predicted molar refractivity (Wildman–Crippen MR) is 269 cm³/mol. The first-order valence-corrected chi connectivity index (χ1v) is 21.6. The van der Waals surface area contributed by atoms with Crippen molar-refractivity contribution in [1.29, 1.82) is 0 Å². The predicted octanol–water partition coefficient (Wildman–Crippen LogP) is 15.5. The Bertz CT molecular complexity index is 2780. The average molecular weight is 851 g/mol. The minimum atomic E-state index is 0.625. The lowest BCUT2D eigenvalue weighted by molar-refractivity contribution is 0.415. The molecule has 320 valence electrons. The number of para-hydroxylation sites is 3. The normalized spacial score (nSPS) is 10.8. The van der Waals surface area contributed by atoms with Gasteiger partial charge in [0, 0.05) is 87.3 Å². The molecule has 0 spiro atoms. The molecule has 0 unspecified atom stereocenters. The van der Waals surface area contributed by atoms with Crippen molar-refractivity contribution in [2.24, 2.45) is 0 Å². The molecule has 0 fully saturated rings. The van der Waals surface area contributed by atoms with E-state index in [4.69, 9.17) is 14.2 Å². The highest BCUT2D eigenvalue weighted by Gasteiger charge is 2.19. The van der Waals surface area contributed by atoms with Crippen molar-refractivity contribution in [3.05, 3.63) is 242 Å². The molecule has 65 heavy (non-hydrogen) atoms. The van der Waals surface area contributed by atoms with Gasteiger partial charge in [-0.2, -0.15) is 0 Å². The first-order chi connectivity index (χ1) is 32.1. The Morgan fingerprint density at radius 1 is 0.262 bits per heavy atom. The zero-order valence-electron chi connectivity index (χ0n) is 36.7. The van der Waals surface area contributed by atoms with Crippen LogP contribution in [-0.4, -0.2) is 21.3 Å². The Hall–Kier alpha value is -8.42. The van der Waals surface area contributed by atoms with Crippen molar-refractivity contribution in [2.75, 3.05) is 40.9 Å². The molecule has 0 atom stereocenters. The van der Waals surface area contributed by atoms with Gasteiger partial charge in [0.1, 0.15) is 17.2 Å². The summed E-state index contributed by atoms with van der Waals surface area (Å²) in [7, 11) is 5.11. The minimum absolute atomic E-state index is 0.625. The third-order valence-electron chi connectivity index (χ3n) is 11.4. The molecule has 0 amide bonds. The summed E-state index contributed by atoms with van der Waals surface area (Å²) in [5.41, 5.74) is 12.6. The first kappa shape index (κ1) is 41.9.